The first kappa shape index (κ1) is 14.9. The Labute approximate surface area is 120 Å². The third-order valence-electron chi connectivity index (χ3n) is 4.06. The number of aliphatic hydroxyl groups is 1. The summed E-state index contributed by atoms with van der Waals surface area (Å²) in [6.45, 7) is 2.38. The summed E-state index contributed by atoms with van der Waals surface area (Å²) in [6.07, 6.45) is 4.89. The van der Waals surface area contributed by atoms with E-state index < -0.39 is 0 Å². The fraction of sp³-hybridized carbons (Fsp3) is 0.562. The summed E-state index contributed by atoms with van der Waals surface area (Å²) in [4.78, 5) is 11.9. The Morgan fingerprint density at radius 1 is 1.20 bits per heavy atom. The van der Waals surface area contributed by atoms with Gasteiger partial charge in [0, 0.05) is 18.3 Å². The second kappa shape index (κ2) is 7.29. The standard InChI is InChI=1S/C16H24N2O2/c1-2-12-3-7-14(8-4-12)17-16(20)18-15-9-5-13(11-19)6-10-15/h3-4,7-8,13,15,19H,2,5-6,9-11H2,1H3,(H2,17,18,20). The lowest BCUT2D eigenvalue weighted by atomic mass is 9.87. The van der Waals surface area contributed by atoms with E-state index >= 15 is 0 Å². The van der Waals surface area contributed by atoms with E-state index in [1.807, 2.05) is 24.3 Å². The van der Waals surface area contributed by atoms with Gasteiger partial charge in [0.1, 0.15) is 0 Å². The Morgan fingerprint density at radius 2 is 1.85 bits per heavy atom. The van der Waals surface area contributed by atoms with Gasteiger partial charge in [0.05, 0.1) is 0 Å². The van der Waals surface area contributed by atoms with Crippen molar-refractivity contribution in [3.8, 4) is 0 Å². The molecule has 0 saturated heterocycles. The van der Waals surface area contributed by atoms with Crippen molar-refractivity contribution >= 4 is 11.7 Å². The number of carbonyl (C=O) groups is 1. The highest BCUT2D eigenvalue weighted by Gasteiger charge is 2.21. The van der Waals surface area contributed by atoms with Gasteiger partial charge in [-0.25, -0.2) is 4.79 Å². The summed E-state index contributed by atoms with van der Waals surface area (Å²) >= 11 is 0. The summed E-state index contributed by atoms with van der Waals surface area (Å²) < 4.78 is 0. The zero-order chi connectivity index (χ0) is 14.4. The predicted octanol–water partition coefficient (Wildman–Crippen LogP) is 2.92. The van der Waals surface area contributed by atoms with Crippen LogP contribution in [0.15, 0.2) is 24.3 Å². The van der Waals surface area contributed by atoms with Crippen molar-refractivity contribution in [3.05, 3.63) is 29.8 Å². The minimum atomic E-state index is -0.137. The molecule has 3 N–H and O–H groups in total. The molecule has 0 unspecified atom stereocenters. The molecule has 4 nitrogen and oxygen atoms in total. The molecule has 0 spiro atoms. The van der Waals surface area contributed by atoms with Crippen LogP contribution in [0.25, 0.3) is 0 Å². The highest BCUT2D eigenvalue weighted by Crippen LogP contribution is 2.23. The van der Waals surface area contributed by atoms with Crippen LogP contribution in [0.5, 0.6) is 0 Å². The van der Waals surface area contributed by atoms with E-state index in [1.165, 1.54) is 5.56 Å². The van der Waals surface area contributed by atoms with Crippen LogP contribution in [0.1, 0.15) is 38.2 Å². The molecule has 110 valence electrons. The molecule has 1 aliphatic rings. The molecule has 0 atom stereocenters. The molecule has 0 heterocycles. The molecule has 1 aliphatic carbocycles. The van der Waals surface area contributed by atoms with Crippen molar-refractivity contribution in [1.82, 2.24) is 5.32 Å². The lowest BCUT2D eigenvalue weighted by Crippen LogP contribution is -2.40. The topological polar surface area (TPSA) is 61.4 Å². The van der Waals surface area contributed by atoms with Gasteiger partial charge >= 0.3 is 6.03 Å². The second-order valence-electron chi connectivity index (χ2n) is 5.55. The van der Waals surface area contributed by atoms with Crippen LogP contribution in [-0.4, -0.2) is 23.8 Å². The van der Waals surface area contributed by atoms with E-state index in [-0.39, 0.29) is 18.7 Å². The van der Waals surface area contributed by atoms with E-state index in [1.54, 1.807) is 0 Å². The van der Waals surface area contributed by atoms with Crippen LogP contribution in [0.4, 0.5) is 10.5 Å². The molecule has 0 aliphatic heterocycles. The van der Waals surface area contributed by atoms with Crippen molar-refractivity contribution in [2.24, 2.45) is 5.92 Å². The Hall–Kier alpha value is -1.55. The predicted molar refractivity (Wildman–Crippen MR) is 80.8 cm³/mol. The van der Waals surface area contributed by atoms with Gasteiger partial charge < -0.3 is 15.7 Å². The monoisotopic (exact) mass is 276 g/mol. The number of hydrogen-bond donors (Lipinski definition) is 3. The summed E-state index contributed by atoms with van der Waals surface area (Å²) in [5.74, 6) is 0.415. The number of anilines is 1. The number of aryl methyl sites for hydroxylation is 1. The van der Waals surface area contributed by atoms with Gasteiger partial charge in [0.15, 0.2) is 0 Å². The first-order valence-corrected chi connectivity index (χ1v) is 7.48. The van der Waals surface area contributed by atoms with E-state index in [0.717, 1.165) is 37.8 Å². The summed E-state index contributed by atoms with van der Waals surface area (Å²) in [5, 5.41) is 15.0. The lowest BCUT2D eigenvalue weighted by Gasteiger charge is -2.27. The molecule has 0 bridgehead atoms. The maximum Gasteiger partial charge on any atom is 0.319 e. The first-order valence-electron chi connectivity index (χ1n) is 7.48. The molecule has 2 rings (SSSR count). The van der Waals surface area contributed by atoms with E-state index in [0.29, 0.717) is 5.92 Å². The Bertz CT molecular complexity index is 423. The van der Waals surface area contributed by atoms with Gasteiger partial charge in [0.2, 0.25) is 0 Å². The number of rotatable bonds is 4. The Kier molecular flexibility index (Phi) is 5.41. The molecule has 20 heavy (non-hydrogen) atoms. The average molecular weight is 276 g/mol. The van der Waals surface area contributed by atoms with Gasteiger partial charge in [-0.1, -0.05) is 19.1 Å². The Balaban J connectivity index is 1.77. The molecule has 0 radical (unpaired) electrons. The van der Waals surface area contributed by atoms with E-state index in [9.17, 15) is 4.79 Å². The van der Waals surface area contributed by atoms with Crippen LogP contribution in [-0.2, 0) is 6.42 Å². The third-order valence-corrected chi connectivity index (χ3v) is 4.06. The van der Waals surface area contributed by atoms with Gasteiger partial charge in [-0.15, -0.1) is 0 Å². The minimum Gasteiger partial charge on any atom is -0.396 e. The molecular formula is C16H24N2O2. The fourth-order valence-electron chi connectivity index (χ4n) is 2.67. The number of urea groups is 1. The van der Waals surface area contributed by atoms with Crippen molar-refractivity contribution in [1.29, 1.82) is 0 Å². The van der Waals surface area contributed by atoms with Crippen LogP contribution in [0, 0.1) is 5.92 Å². The lowest BCUT2D eigenvalue weighted by molar-refractivity contribution is 0.176. The minimum absolute atomic E-state index is 0.137. The molecule has 4 heteroatoms. The van der Waals surface area contributed by atoms with Crippen molar-refractivity contribution < 1.29 is 9.90 Å². The highest BCUT2D eigenvalue weighted by atomic mass is 16.3. The molecule has 1 aromatic rings. The number of hydrogen-bond acceptors (Lipinski definition) is 2. The number of nitrogens with one attached hydrogen (secondary N) is 2. The zero-order valence-corrected chi connectivity index (χ0v) is 12.1. The van der Waals surface area contributed by atoms with Crippen molar-refractivity contribution in [2.75, 3.05) is 11.9 Å². The number of aliphatic hydroxyl groups excluding tert-OH is 1. The second-order valence-corrected chi connectivity index (χ2v) is 5.55. The smallest absolute Gasteiger partial charge is 0.319 e. The number of benzene rings is 1. The molecule has 1 saturated carbocycles. The van der Waals surface area contributed by atoms with Crippen molar-refractivity contribution in [2.45, 2.75) is 45.1 Å². The Morgan fingerprint density at radius 3 is 2.40 bits per heavy atom. The zero-order valence-electron chi connectivity index (χ0n) is 12.1. The quantitative estimate of drug-likeness (QED) is 0.792. The SMILES string of the molecule is CCc1ccc(NC(=O)NC2CCC(CO)CC2)cc1. The summed E-state index contributed by atoms with van der Waals surface area (Å²) in [6, 6.07) is 8.01. The maximum absolute atomic E-state index is 11.9. The molecule has 1 aromatic carbocycles. The van der Waals surface area contributed by atoms with Crippen LogP contribution >= 0.6 is 0 Å². The highest BCUT2D eigenvalue weighted by molar-refractivity contribution is 5.89. The fourth-order valence-corrected chi connectivity index (χ4v) is 2.67. The van der Waals surface area contributed by atoms with Crippen LogP contribution in [0.2, 0.25) is 0 Å². The normalized spacial score (nSPS) is 22.3. The number of carbonyl (C=O) groups excluding carboxylic acids is 1. The maximum atomic E-state index is 11.9. The van der Waals surface area contributed by atoms with Crippen LogP contribution < -0.4 is 10.6 Å². The van der Waals surface area contributed by atoms with Gasteiger partial charge in [-0.3, -0.25) is 0 Å². The van der Waals surface area contributed by atoms with Gasteiger partial charge in [0.25, 0.3) is 0 Å². The van der Waals surface area contributed by atoms with Crippen molar-refractivity contribution in [3.63, 3.8) is 0 Å². The molecule has 2 amide bonds. The molecule has 0 aromatic heterocycles. The largest absolute Gasteiger partial charge is 0.396 e. The number of amides is 2. The van der Waals surface area contributed by atoms with Crippen LogP contribution in [0.3, 0.4) is 0 Å². The third kappa shape index (κ3) is 4.23. The first-order chi connectivity index (χ1) is 9.71. The van der Waals surface area contributed by atoms with Gasteiger partial charge in [-0.2, -0.15) is 0 Å². The summed E-state index contributed by atoms with van der Waals surface area (Å²) in [5.41, 5.74) is 2.09. The van der Waals surface area contributed by atoms with E-state index in [2.05, 4.69) is 17.6 Å². The molecule has 1 fully saturated rings. The summed E-state index contributed by atoms with van der Waals surface area (Å²) in [7, 11) is 0. The van der Waals surface area contributed by atoms with Gasteiger partial charge in [-0.05, 0) is 55.7 Å². The molecular weight excluding hydrogens is 252 g/mol. The average Bonchev–Trinajstić information content (AvgIpc) is 2.49. The van der Waals surface area contributed by atoms with E-state index in [4.69, 9.17) is 5.11 Å².